The number of oxazole rings is 1. The molecule has 4 rings (SSSR count). The molecule has 0 aliphatic carbocycles. The molecule has 0 unspecified atom stereocenters. The Kier molecular flexibility index (Phi) is 5.26. The van der Waals surface area contributed by atoms with Crippen LogP contribution in [0.4, 0.5) is 5.69 Å². The van der Waals surface area contributed by atoms with Crippen LogP contribution in [0.25, 0.3) is 11.5 Å². The Morgan fingerprint density at radius 1 is 1.10 bits per heavy atom. The van der Waals surface area contributed by atoms with Crippen LogP contribution in [0.2, 0.25) is 0 Å². The molecule has 0 fully saturated rings. The highest BCUT2D eigenvalue weighted by Gasteiger charge is 2.19. The van der Waals surface area contributed by atoms with E-state index in [0.717, 1.165) is 15.7 Å². The predicted octanol–water partition coefficient (Wildman–Crippen LogP) is 4.61. The van der Waals surface area contributed by atoms with Gasteiger partial charge in [-0.1, -0.05) is 39.3 Å². The Bertz CT molecular complexity index is 1150. The molecule has 1 N–H and O–H groups in total. The molecule has 1 amide bonds. The largest absolute Gasteiger partial charge is 0.441 e. The highest BCUT2D eigenvalue weighted by atomic mass is 79.9. The van der Waals surface area contributed by atoms with Crippen molar-refractivity contribution in [2.45, 2.75) is 20.4 Å². The van der Waals surface area contributed by atoms with Crippen LogP contribution >= 0.6 is 15.9 Å². The number of hydrogen-bond donors (Lipinski definition) is 1. The summed E-state index contributed by atoms with van der Waals surface area (Å²) < 4.78 is 8.39. The van der Waals surface area contributed by atoms with Crippen molar-refractivity contribution in [3.63, 3.8) is 0 Å². The number of nitrogens with zero attached hydrogens (tertiary/aromatic N) is 4. The summed E-state index contributed by atoms with van der Waals surface area (Å²) in [6.07, 6.45) is 0. The van der Waals surface area contributed by atoms with Gasteiger partial charge < -0.3 is 9.73 Å². The normalized spacial score (nSPS) is 10.9. The second-order valence-corrected chi connectivity index (χ2v) is 7.45. The van der Waals surface area contributed by atoms with Crippen LogP contribution in [0.1, 0.15) is 27.6 Å². The van der Waals surface area contributed by atoms with E-state index >= 15 is 0 Å². The topological polar surface area (TPSA) is 85.8 Å². The molecule has 0 saturated heterocycles. The summed E-state index contributed by atoms with van der Waals surface area (Å²) in [5, 5.41) is 11.0. The smallest absolute Gasteiger partial charge is 0.278 e. The van der Waals surface area contributed by atoms with Crippen molar-refractivity contribution in [1.82, 2.24) is 20.0 Å². The standard InChI is InChI=1S/C21H18BrN5O2/c1-13-19(20(28)23-17-10-8-16(22)9-11-17)25-26-27(13)12-18-14(2)29-21(24-18)15-6-4-3-5-7-15/h3-11H,12H2,1-2H3,(H,23,28). The number of carbonyl (C=O) groups is 1. The van der Waals surface area contributed by atoms with Gasteiger partial charge in [-0.05, 0) is 50.2 Å². The third kappa shape index (κ3) is 4.12. The van der Waals surface area contributed by atoms with Gasteiger partial charge >= 0.3 is 0 Å². The van der Waals surface area contributed by atoms with Gasteiger partial charge in [-0.3, -0.25) is 4.79 Å². The molecule has 0 atom stereocenters. The SMILES string of the molecule is Cc1oc(-c2ccccc2)nc1Cn1nnc(C(=O)Nc2ccc(Br)cc2)c1C. The van der Waals surface area contributed by atoms with Crippen LogP contribution in [0.3, 0.4) is 0 Å². The average molecular weight is 452 g/mol. The molecule has 0 radical (unpaired) electrons. The van der Waals surface area contributed by atoms with Crippen molar-refractivity contribution in [1.29, 1.82) is 0 Å². The number of anilines is 1. The number of nitrogens with one attached hydrogen (secondary N) is 1. The molecule has 8 heteroatoms. The summed E-state index contributed by atoms with van der Waals surface area (Å²) in [6.45, 7) is 4.04. The number of halogens is 1. The fraction of sp³-hybridized carbons (Fsp3) is 0.143. The van der Waals surface area contributed by atoms with Crippen LogP contribution < -0.4 is 5.32 Å². The van der Waals surface area contributed by atoms with Crippen LogP contribution in [0.15, 0.2) is 63.5 Å². The molecular weight excluding hydrogens is 434 g/mol. The zero-order valence-electron chi connectivity index (χ0n) is 15.9. The van der Waals surface area contributed by atoms with Crippen molar-refractivity contribution in [2.75, 3.05) is 5.32 Å². The molecule has 2 aromatic carbocycles. The summed E-state index contributed by atoms with van der Waals surface area (Å²) in [5.74, 6) is 0.960. The molecule has 2 aromatic heterocycles. The molecule has 2 heterocycles. The summed E-state index contributed by atoms with van der Waals surface area (Å²) in [4.78, 5) is 17.2. The van der Waals surface area contributed by atoms with E-state index < -0.39 is 0 Å². The van der Waals surface area contributed by atoms with Gasteiger partial charge in [-0.25, -0.2) is 9.67 Å². The van der Waals surface area contributed by atoms with E-state index in [1.807, 2.05) is 68.4 Å². The van der Waals surface area contributed by atoms with E-state index in [2.05, 4.69) is 36.5 Å². The van der Waals surface area contributed by atoms with Gasteiger partial charge in [-0.15, -0.1) is 5.10 Å². The number of aromatic nitrogens is 4. The number of hydrogen-bond acceptors (Lipinski definition) is 5. The average Bonchev–Trinajstić information content (AvgIpc) is 3.28. The Labute approximate surface area is 175 Å². The third-order valence-electron chi connectivity index (χ3n) is 4.51. The molecule has 0 aliphatic rings. The lowest BCUT2D eigenvalue weighted by Gasteiger charge is -2.04. The van der Waals surface area contributed by atoms with Gasteiger partial charge in [0.15, 0.2) is 5.69 Å². The summed E-state index contributed by atoms with van der Waals surface area (Å²) in [6, 6.07) is 17.0. The maximum atomic E-state index is 12.6. The zero-order valence-corrected chi connectivity index (χ0v) is 17.5. The van der Waals surface area contributed by atoms with Crippen molar-refractivity contribution < 1.29 is 9.21 Å². The lowest BCUT2D eigenvalue weighted by Crippen LogP contribution is -2.14. The van der Waals surface area contributed by atoms with Crippen LogP contribution in [-0.4, -0.2) is 25.9 Å². The van der Waals surface area contributed by atoms with E-state index in [1.165, 1.54) is 0 Å². The van der Waals surface area contributed by atoms with E-state index in [1.54, 1.807) is 4.68 Å². The molecule has 0 bridgehead atoms. The van der Waals surface area contributed by atoms with E-state index in [9.17, 15) is 4.79 Å². The molecule has 0 saturated carbocycles. The van der Waals surface area contributed by atoms with E-state index in [-0.39, 0.29) is 11.6 Å². The molecule has 7 nitrogen and oxygen atoms in total. The van der Waals surface area contributed by atoms with Crippen molar-refractivity contribution in [3.05, 3.63) is 81.9 Å². The van der Waals surface area contributed by atoms with Gasteiger partial charge in [0.05, 0.1) is 12.2 Å². The molecule has 4 aromatic rings. The van der Waals surface area contributed by atoms with Gasteiger partial charge in [0.25, 0.3) is 5.91 Å². The number of rotatable bonds is 5. The van der Waals surface area contributed by atoms with Crippen LogP contribution in [0, 0.1) is 13.8 Å². The van der Waals surface area contributed by atoms with Gasteiger partial charge in [-0.2, -0.15) is 0 Å². The Morgan fingerprint density at radius 2 is 1.83 bits per heavy atom. The van der Waals surface area contributed by atoms with E-state index in [4.69, 9.17) is 4.42 Å². The monoisotopic (exact) mass is 451 g/mol. The summed E-state index contributed by atoms with van der Waals surface area (Å²) in [7, 11) is 0. The second-order valence-electron chi connectivity index (χ2n) is 6.53. The summed E-state index contributed by atoms with van der Waals surface area (Å²) >= 11 is 3.37. The van der Waals surface area contributed by atoms with Crippen LogP contribution in [-0.2, 0) is 6.54 Å². The number of aryl methyl sites for hydroxylation is 1. The minimum absolute atomic E-state index is 0.275. The minimum Gasteiger partial charge on any atom is -0.441 e. The molecular formula is C21H18BrN5O2. The van der Waals surface area contributed by atoms with E-state index in [0.29, 0.717) is 29.6 Å². The second kappa shape index (κ2) is 8.00. The first-order valence-corrected chi connectivity index (χ1v) is 9.79. The quantitative estimate of drug-likeness (QED) is 0.478. The zero-order chi connectivity index (χ0) is 20.4. The lowest BCUT2D eigenvalue weighted by molar-refractivity contribution is 0.102. The molecule has 29 heavy (non-hydrogen) atoms. The molecule has 146 valence electrons. The molecule has 0 spiro atoms. The molecule has 0 aliphatic heterocycles. The van der Waals surface area contributed by atoms with Crippen molar-refractivity contribution in [3.8, 4) is 11.5 Å². The third-order valence-corrected chi connectivity index (χ3v) is 5.04. The lowest BCUT2D eigenvalue weighted by atomic mass is 10.2. The van der Waals surface area contributed by atoms with Gasteiger partial charge in [0.2, 0.25) is 5.89 Å². The van der Waals surface area contributed by atoms with Gasteiger partial charge in [0, 0.05) is 15.7 Å². The van der Waals surface area contributed by atoms with Crippen molar-refractivity contribution in [2.24, 2.45) is 0 Å². The Morgan fingerprint density at radius 3 is 2.55 bits per heavy atom. The maximum Gasteiger partial charge on any atom is 0.278 e. The first-order chi connectivity index (χ1) is 14.0. The van der Waals surface area contributed by atoms with Crippen LogP contribution in [0.5, 0.6) is 0 Å². The minimum atomic E-state index is -0.307. The fourth-order valence-electron chi connectivity index (χ4n) is 2.86. The Balaban J connectivity index is 1.52. The fourth-order valence-corrected chi connectivity index (χ4v) is 3.13. The first-order valence-electron chi connectivity index (χ1n) is 9.00. The highest BCUT2D eigenvalue weighted by Crippen LogP contribution is 2.22. The number of benzene rings is 2. The predicted molar refractivity (Wildman–Crippen MR) is 113 cm³/mol. The highest BCUT2D eigenvalue weighted by molar-refractivity contribution is 9.10. The number of carbonyl (C=O) groups excluding carboxylic acids is 1. The number of amides is 1. The summed E-state index contributed by atoms with van der Waals surface area (Å²) in [5.41, 5.74) is 3.27. The Hall–Kier alpha value is -3.26. The van der Waals surface area contributed by atoms with Gasteiger partial charge in [0.1, 0.15) is 11.5 Å². The first kappa shape index (κ1) is 19.1. The van der Waals surface area contributed by atoms with Crippen molar-refractivity contribution >= 4 is 27.5 Å². The maximum absolute atomic E-state index is 12.6.